The smallest absolute Gasteiger partial charge is 0.250 e. The van der Waals surface area contributed by atoms with E-state index < -0.39 is 25.8 Å². The summed E-state index contributed by atoms with van der Waals surface area (Å²) in [5, 5.41) is 1.45. The van der Waals surface area contributed by atoms with Gasteiger partial charge >= 0.3 is 0 Å². The highest BCUT2D eigenvalue weighted by molar-refractivity contribution is 7.92. The van der Waals surface area contributed by atoms with Gasteiger partial charge in [-0.05, 0) is 36.1 Å². The number of hydrogen-bond acceptors (Lipinski definition) is 5. The molecule has 1 aromatic rings. The first-order valence-corrected chi connectivity index (χ1v) is 10.8. The third kappa shape index (κ3) is 6.23. The zero-order valence-electron chi connectivity index (χ0n) is 12.6. The molecule has 10 heteroatoms. The minimum atomic E-state index is -3.86. The fourth-order valence-corrected chi connectivity index (χ4v) is 4.90. The largest absolute Gasteiger partial charge is 0.278 e. The maximum absolute atomic E-state index is 11.8. The average molecular weight is 393 g/mol. The molecule has 2 N–H and O–H groups in total. The number of amides is 1. The van der Waals surface area contributed by atoms with Gasteiger partial charge in [0, 0.05) is 16.9 Å². The zero-order valence-corrected chi connectivity index (χ0v) is 15.0. The van der Waals surface area contributed by atoms with Crippen molar-refractivity contribution in [2.45, 2.75) is 12.8 Å². The van der Waals surface area contributed by atoms with Crippen LogP contribution in [-0.2, 0) is 24.7 Å². The first kappa shape index (κ1) is 18.9. The van der Waals surface area contributed by atoms with E-state index in [1.54, 1.807) is 24.3 Å². The molecule has 1 heterocycles. The molecule has 1 saturated heterocycles. The van der Waals surface area contributed by atoms with Crippen molar-refractivity contribution in [3.8, 4) is 0 Å². The van der Waals surface area contributed by atoms with Crippen LogP contribution < -0.4 is 10.3 Å². The molecule has 1 aliphatic rings. The maximum atomic E-state index is 11.8. The number of rotatable bonds is 6. The van der Waals surface area contributed by atoms with Crippen molar-refractivity contribution in [1.82, 2.24) is 10.3 Å². The summed E-state index contributed by atoms with van der Waals surface area (Å²) in [6, 6.07) is 6.54. The molecule has 1 atom stereocenters. The van der Waals surface area contributed by atoms with Crippen LogP contribution in [0.4, 0.5) is 0 Å². The standard InChI is InChI=1S/C14H17ClN2O5S2/c15-13-3-1-11(2-4-13)6-8-24(21,22)17-16-14(18)9-12-5-7-23(19,20)10-12/h1-4,6,8,12,17H,5,7,9-10H2,(H,16,18)/b8-6+/t12-/m1/s1. The van der Waals surface area contributed by atoms with Crippen molar-refractivity contribution in [3.05, 3.63) is 40.3 Å². The summed E-state index contributed by atoms with van der Waals surface area (Å²) in [5.41, 5.74) is 2.71. The number of sulfonamides is 1. The molecule has 1 aliphatic heterocycles. The second-order valence-corrected chi connectivity index (χ2v) is 9.75. The van der Waals surface area contributed by atoms with E-state index in [1.807, 2.05) is 4.83 Å². The minimum absolute atomic E-state index is 0.0381. The molecule has 1 aromatic carbocycles. The van der Waals surface area contributed by atoms with E-state index in [1.165, 1.54) is 6.08 Å². The van der Waals surface area contributed by atoms with Gasteiger partial charge in [-0.3, -0.25) is 10.2 Å². The summed E-state index contributed by atoms with van der Waals surface area (Å²) in [4.78, 5) is 13.6. The minimum Gasteiger partial charge on any atom is -0.278 e. The molecule has 24 heavy (non-hydrogen) atoms. The second-order valence-electron chi connectivity index (χ2n) is 5.52. The van der Waals surface area contributed by atoms with Gasteiger partial charge < -0.3 is 0 Å². The Morgan fingerprint density at radius 1 is 1.29 bits per heavy atom. The number of benzene rings is 1. The van der Waals surface area contributed by atoms with Crippen LogP contribution in [0, 0.1) is 5.92 Å². The molecule has 0 saturated carbocycles. The highest BCUT2D eigenvalue weighted by atomic mass is 35.5. The third-order valence-electron chi connectivity index (χ3n) is 3.44. The SMILES string of the molecule is O=C(C[C@H]1CCS(=O)(=O)C1)NNS(=O)(=O)/C=C/c1ccc(Cl)cc1. The molecule has 132 valence electrons. The third-order valence-corrected chi connectivity index (χ3v) is 6.41. The van der Waals surface area contributed by atoms with Crippen LogP contribution in [0.3, 0.4) is 0 Å². The molecule has 1 amide bonds. The van der Waals surface area contributed by atoms with E-state index in [9.17, 15) is 21.6 Å². The first-order valence-electron chi connectivity index (χ1n) is 7.10. The van der Waals surface area contributed by atoms with E-state index in [-0.39, 0.29) is 23.8 Å². The lowest BCUT2D eigenvalue weighted by atomic mass is 10.1. The van der Waals surface area contributed by atoms with Gasteiger partial charge in [0.05, 0.1) is 11.5 Å². The van der Waals surface area contributed by atoms with Crippen LogP contribution in [0.5, 0.6) is 0 Å². The van der Waals surface area contributed by atoms with Crippen molar-refractivity contribution in [2.75, 3.05) is 11.5 Å². The Morgan fingerprint density at radius 3 is 2.54 bits per heavy atom. The maximum Gasteiger partial charge on any atom is 0.250 e. The van der Waals surface area contributed by atoms with E-state index in [0.717, 1.165) is 5.41 Å². The average Bonchev–Trinajstić information content (AvgIpc) is 2.84. The van der Waals surface area contributed by atoms with Gasteiger partial charge in [-0.25, -0.2) is 16.8 Å². The van der Waals surface area contributed by atoms with E-state index >= 15 is 0 Å². The van der Waals surface area contributed by atoms with Gasteiger partial charge in [-0.15, -0.1) is 4.83 Å². The molecule has 0 unspecified atom stereocenters. The van der Waals surface area contributed by atoms with Crippen molar-refractivity contribution < 1.29 is 21.6 Å². The molecule has 0 aliphatic carbocycles. The molecule has 7 nitrogen and oxygen atoms in total. The Hall–Kier alpha value is -1.42. The van der Waals surface area contributed by atoms with Crippen molar-refractivity contribution in [3.63, 3.8) is 0 Å². The molecule has 0 spiro atoms. The van der Waals surface area contributed by atoms with Gasteiger partial charge in [-0.2, -0.15) is 0 Å². The summed E-state index contributed by atoms with van der Waals surface area (Å²) < 4.78 is 46.2. The zero-order chi connectivity index (χ0) is 17.8. The highest BCUT2D eigenvalue weighted by Crippen LogP contribution is 2.21. The Kier molecular flexibility index (Phi) is 6.02. The number of sulfone groups is 1. The lowest BCUT2D eigenvalue weighted by Crippen LogP contribution is -2.41. The second kappa shape index (κ2) is 7.64. The molecular weight excluding hydrogens is 376 g/mol. The predicted molar refractivity (Wildman–Crippen MR) is 92.1 cm³/mol. The van der Waals surface area contributed by atoms with Crippen LogP contribution >= 0.6 is 11.6 Å². The predicted octanol–water partition coefficient (Wildman–Crippen LogP) is 1.09. The van der Waals surface area contributed by atoms with Crippen LogP contribution in [0.25, 0.3) is 6.08 Å². The van der Waals surface area contributed by atoms with Crippen molar-refractivity contribution in [1.29, 1.82) is 0 Å². The van der Waals surface area contributed by atoms with E-state index in [4.69, 9.17) is 11.6 Å². The van der Waals surface area contributed by atoms with Crippen LogP contribution in [-0.4, -0.2) is 34.2 Å². The quantitative estimate of drug-likeness (QED) is 0.704. The molecule has 2 rings (SSSR count). The van der Waals surface area contributed by atoms with Crippen molar-refractivity contribution >= 4 is 43.4 Å². The first-order chi connectivity index (χ1) is 11.2. The molecule has 0 radical (unpaired) electrons. The van der Waals surface area contributed by atoms with Gasteiger partial charge in [0.2, 0.25) is 5.91 Å². The van der Waals surface area contributed by atoms with Gasteiger partial charge in [0.1, 0.15) is 0 Å². The number of carbonyl (C=O) groups is 1. The fraction of sp³-hybridized carbons (Fsp3) is 0.357. The molecule has 0 aromatic heterocycles. The number of nitrogens with one attached hydrogen (secondary N) is 2. The highest BCUT2D eigenvalue weighted by Gasteiger charge is 2.29. The van der Waals surface area contributed by atoms with Crippen LogP contribution in [0.2, 0.25) is 5.02 Å². The van der Waals surface area contributed by atoms with Crippen LogP contribution in [0.1, 0.15) is 18.4 Å². The summed E-state index contributed by atoms with van der Waals surface area (Å²) >= 11 is 5.73. The summed E-state index contributed by atoms with van der Waals surface area (Å²) in [6.07, 6.45) is 1.73. The molecular formula is C14H17ClN2O5S2. The number of carbonyl (C=O) groups excluding carboxylic acids is 1. The van der Waals surface area contributed by atoms with E-state index in [2.05, 4.69) is 5.43 Å². The van der Waals surface area contributed by atoms with Gasteiger partial charge in [0.25, 0.3) is 10.0 Å². The lowest BCUT2D eigenvalue weighted by molar-refractivity contribution is -0.122. The number of hydrogen-bond donors (Lipinski definition) is 2. The summed E-state index contributed by atoms with van der Waals surface area (Å²) in [6.45, 7) is 0. The topological polar surface area (TPSA) is 109 Å². The van der Waals surface area contributed by atoms with Gasteiger partial charge in [-0.1, -0.05) is 23.7 Å². The van der Waals surface area contributed by atoms with Crippen LogP contribution in [0.15, 0.2) is 29.7 Å². The fourth-order valence-electron chi connectivity index (χ4n) is 2.25. The van der Waals surface area contributed by atoms with E-state index in [0.29, 0.717) is 17.0 Å². The Morgan fingerprint density at radius 2 is 1.96 bits per heavy atom. The lowest BCUT2D eigenvalue weighted by Gasteiger charge is -2.08. The number of hydrazine groups is 1. The normalized spacial score (nSPS) is 20.3. The number of halogens is 1. The van der Waals surface area contributed by atoms with Gasteiger partial charge in [0.15, 0.2) is 9.84 Å². The summed E-state index contributed by atoms with van der Waals surface area (Å²) in [5.74, 6) is -0.811. The summed E-state index contributed by atoms with van der Waals surface area (Å²) in [7, 11) is -6.92. The Labute approximate surface area is 146 Å². The Bertz CT molecular complexity index is 832. The molecule has 0 bridgehead atoms. The molecule has 1 fully saturated rings. The monoisotopic (exact) mass is 392 g/mol. The van der Waals surface area contributed by atoms with Crippen molar-refractivity contribution in [2.24, 2.45) is 5.92 Å². The Balaban J connectivity index is 1.83.